The third kappa shape index (κ3) is 23.6. The highest BCUT2D eigenvalue weighted by Crippen LogP contribution is 2.22. The van der Waals surface area contributed by atoms with Crippen molar-refractivity contribution in [1.29, 1.82) is 0 Å². The molecule has 4 N–H and O–H groups in total. The number of aliphatic hydroxyl groups is 4. The summed E-state index contributed by atoms with van der Waals surface area (Å²) in [6.07, 6.45) is 24.8. The molecule has 0 aromatic rings. The van der Waals surface area contributed by atoms with Gasteiger partial charge in [0, 0.05) is 12.8 Å². The van der Waals surface area contributed by atoms with Gasteiger partial charge >= 0.3 is 11.9 Å². The van der Waals surface area contributed by atoms with Gasteiger partial charge in [0.15, 0.2) is 12.4 Å². The molecule has 0 radical (unpaired) electrons. The van der Waals surface area contributed by atoms with Crippen LogP contribution < -0.4 is 0 Å². The lowest BCUT2D eigenvalue weighted by Crippen LogP contribution is -2.59. The van der Waals surface area contributed by atoms with E-state index in [-0.39, 0.29) is 32.0 Å². The van der Waals surface area contributed by atoms with E-state index in [2.05, 4.69) is 38.2 Å². The summed E-state index contributed by atoms with van der Waals surface area (Å²) in [5.41, 5.74) is 0. The monoisotopic (exact) mass is 713 g/mol. The molecule has 10 nitrogen and oxygen atoms in total. The van der Waals surface area contributed by atoms with E-state index in [0.29, 0.717) is 6.42 Å². The lowest BCUT2D eigenvalue weighted by molar-refractivity contribution is -0.305. The van der Waals surface area contributed by atoms with Crippen molar-refractivity contribution in [2.75, 3.05) is 19.8 Å². The number of hydrogen-bond donors (Lipinski definition) is 4. The van der Waals surface area contributed by atoms with Gasteiger partial charge < -0.3 is 39.4 Å². The Morgan fingerprint density at radius 1 is 0.620 bits per heavy atom. The van der Waals surface area contributed by atoms with Crippen molar-refractivity contribution in [1.82, 2.24) is 0 Å². The molecule has 2 unspecified atom stereocenters. The van der Waals surface area contributed by atoms with Crippen molar-refractivity contribution in [2.45, 2.75) is 198 Å². The molecule has 0 spiro atoms. The molecule has 292 valence electrons. The van der Waals surface area contributed by atoms with E-state index in [1.807, 2.05) is 0 Å². The number of carbonyl (C=O) groups is 2. The molecule has 10 heteroatoms. The lowest BCUT2D eigenvalue weighted by atomic mass is 9.99. The number of aliphatic hydroxyl groups excluding tert-OH is 4. The Kier molecular flexibility index (Phi) is 29.5. The highest BCUT2D eigenvalue weighted by molar-refractivity contribution is 5.70. The molecule has 50 heavy (non-hydrogen) atoms. The quantitative estimate of drug-likeness (QED) is 0.0316. The molecule has 1 aliphatic rings. The second-order valence-corrected chi connectivity index (χ2v) is 13.7. The molecule has 1 rings (SSSR count). The lowest BCUT2D eigenvalue weighted by Gasteiger charge is -2.39. The van der Waals surface area contributed by atoms with Gasteiger partial charge in [0.05, 0.1) is 13.2 Å². The average Bonchev–Trinajstić information content (AvgIpc) is 3.11. The Morgan fingerprint density at radius 3 is 1.70 bits per heavy atom. The Hall–Kier alpha value is -1.82. The summed E-state index contributed by atoms with van der Waals surface area (Å²) in [6, 6.07) is 0. The molecule has 0 saturated carbocycles. The maximum atomic E-state index is 12.7. The van der Waals surface area contributed by atoms with Crippen LogP contribution in [0.5, 0.6) is 0 Å². The smallest absolute Gasteiger partial charge is 0.306 e. The largest absolute Gasteiger partial charge is 0.462 e. The topological polar surface area (TPSA) is 152 Å². The van der Waals surface area contributed by atoms with E-state index in [1.54, 1.807) is 0 Å². The number of esters is 2. The molecule has 0 amide bonds. The van der Waals surface area contributed by atoms with Crippen LogP contribution in [-0.4, -0.2) is 89.0 Å². The number of ether oxygens (including phenoxy) is 4. The maximum absolute atomic E-state index is 12.7. The van der Waals surface area contributed by atoms with Crippen LogP contribution in [0.2, 0.25) is 0 Å². The first-order chi connectivity index (χ1) is 24.3. The fourth-order valence-electron chi connectivity index (χ4n) is 5.86. The van der Waals surface area contributed by atoms with Crippen molar-refractivity contribution < 1.29 is 49.0 Å². The van der Waals surface area contributed by atoms with Gasteiger partial charge in [0.25, 0.3) is 0 Å². The van der Waals surface area contributed by atoms with Gasteiger partial charge in [-0.2, -0.15) is 0 Å². The van der Waals surface area contributed by atoms with Crippen LogP contribution in [0.1, 0.15) is 162 Å². The van der Waals surface area contributed by atoms with Gasteiger partial charge in [-0.15, -0.1) is 0 Å². The molecule has 0 aromatic heterocycles. The number of hydrogen-bond acceptors (Lipinski definition) is 10. The summed E-state index contributed by atoms with van der Waals surface area (Å²) in [4.78, 5) is 25.1. The molecular weight excluding hydrogens is 640 g/mol. The number of carbonyl (C=O) groups excluding carboxylic acids is 2. The van der Waals surface area contributed by atoms with E-state index in [0.717, 1.165) is 44.9 Å². The summed E-state index contributed by atoms with van der Waals surface area (Å²) in [5, 5.41) is 39.9. The summed E-state index contributed by atoms with van der Waals surface area (Å²) in [7, 11) is 0. The molecule has 0 aliphatic carbocycles. The van der Waals surface area contributed by atoms with E-state index < -0.39 is 49.4 Å². The first kappa shape index (κ1) is 46.2. The Balaban J connectivity index is 2.42. The summed E-state index contributed by atoms with van der Waals surface area (Å²) >= 11 is 0. The van der Waals surface area contributed by atoms with Crippen LogP contribution in [0.15, 0.2) is 24.3 Å². The zero-order chi connectivity index (χ0) is 36.7. The van der Waals surface area contributed by atoms with Crippen molar-refractivity contribution >= 4 is 11.9 Å². The van der Waals surface area contributed by atoms with Gasteiger partial charge in [-0.3, -0.25) is 9.59 Å². The number of unbranched alkanes of at least 4 members (excludes halogenated alkanes) is 17. The van der Waals surface area contributed by atoms with Crippen LogP contribution in [0.4, 0.5) is 0 Å². The normalized spacial score (nSPS) is 21.6. The third-order valence-electron chi connectivity index (χ3n) is 9.09. The summed E-state index contributed by atoms with van der Waals surface area (Å²) in [6.45, 7) is 3.35. The minimum Gasteiger partial charge on any atom is -0.462 e. The molecule has 1 saturated heterocycles. The summed E-state index contributed by atoms with van der Waals surface area (Å²) < 4.78 is 22.0. The highest BCUT2D eigenvalue weighted by Gasteiger charge is 2.44. The minimum atomic E-state index is -1.60. The maximum Gasteiger partial charge on any atom is 0.306 e. The Labute approximate surface area is 303 Å². The number of rotatable bonds is 32. The van der Waals surface area contributed by atoms with Crippen molar-refractivity contribution in [3.63, 3.8) is 0 Å². The Bertz CT molecular complexity index is 876. The SMILES string of the molecule is CCCCCCCC/C=C/C/C=C/CCCCC(=O)O[C@H](COC(=O)CCCCCCCCCCCC)CO[C@@H]1O[C@H](CO)[C@H](O)C(O)C1O. The molecule has 1 fully saturated rings. The van der Waals surface area contributed by atoms with E-state index in [1.165, 1.54) is 83.5 Å². The fourth-order valence-corrected chi connectivity index (χ4v) is 5.86. The standard InChI is InChI=1S/C40H72O10/c1-3-5-7-9-11-13-15-16-17-18-19-21-23-25-27-29-36(43)49-33(32-48-40-39(46)38(45)37(44)34(30-41)50-40)31-47-35(42)28-26-24-22-20-14-12-10-8-6-4-2/h16-17,19,21,33-34,37-41,44-46H,3-15,18,20,22-32H2,1-2H3/b17-16+,21-19+/t33-,34-,37+,38?,39?,40-/m1/s1. The predicted molar refractivity (Wildman–Crippen MR) is 196 cm³/mol. The average molecular weight is 713 g/mol. The molecule has 0 bridgehead atoms. The molecule has 1 aliphatic heterocycles. The van der Waals surface area contributed by atoms with Crippen LogP contribution in [0, 0.1) is 0 Å². The van der Waals surface area contributed by atoms with Crippen molar-refractivity contribution in [3.05, 3.63) is 24.3 Å². The van der Waals surface area contributed by atoms with Crippen molar-refractivity contribution in [3.8, 4) is 0 Å². The van der Waals surface area contributed by atoms with Gasteiger partial charge in [-0.1, -0.05) is 128 Å². The van der Waals surface area contributed by atoms with Gasteiger partial charge in [-0.25, -0.2) is 0 Å². The van der Waals surface area contributed by atoms with E-state index in [4.69, 9.17) is 18.9 Å². The van der Waals surface area contributed by atoms with Crippen LogP contribution >= 0.6 is 0 Å². The molecule has 0 aromatic carbocycles. The number of allylic oxidation sites excluding steroid dienone is 4. The van der Waals surface area contributed by atoms with Gasteiger partial charge in [0.1, 0.15) is 31.0 Å². The predicted octanol–water partition coefficient (Wildman–Crippen LogP) is 7.38. The third-order valence-corrected chi connectivity index (χ3v) is 9.09. The van der Waals surface area contributed by atoms with Gasteiger partial charge in [-0.05, 0) is 44.9 Å². The van der Waals surface area contributed by atoms with E-state index >= 15 is 0 Å². The minimum absolute atomic E-state index is 0.190. The fraction of sp³-hybridized carbons (Fsp3) is 0.850. The van der Waals surface area contributed by atoms with Crippen LogP contribution in [-0.2, 0) is 28.5 Å². The second-order valence-electron chi connectivity index (χ2n) is 13.7. The van der Waals surface area contributed by atoms with Gasteiger partial charge in [0.2, 0.25) is 0 Å². The molecule has 1 heterocycles. The van der Waals surface area contributed by atoms with Crippen LogP contribution in [0.25, 0.3) is 0 Å². The second kappa shape index (κ2) is 31.9. The van der Waals surface area contributed by atoms with E-state index in [9.17, 15) is 30.0 Å². The van der Waals surface area contributed by atoms with Crippen LogP contribution in [0.3, 0.4) is 0 Å². The first-order valence-corrected chi connectivity index (χ1v) is 19.9. The van der Waals surface area contributed by atoms with Crippen molar-refractivity contribution in [2.24, 2.45) is 0 Å². The summed E-state index contributed by atoms with van der Waals surface area (Å²) in [5.74, 6) is -0.845. The molecular formula is C40H72O10. The zero-order valence-corrected chi connectivity index (χ0v) is 31.4. The zero-order valence-electron chi connectivity index (χ0n) is 31.4. The molecule has 6 atom stereocenters. The Morgan fingerprint density at radius 2 is 1.12 bits per heavy atom. The highest BCUT2D eigenvalue weighted by atomic mass is 16.7. The first-order valence-electron chi connectivity index (χ1n) is 19.9.